The summed E-state index contributed by atoms with van der Waals surface area (Å²) in [5.41, 5.74) is 0. The minimum absolute atomic E-state index is 0.358. The molecule has 0 fully saturated rings. The van der Waals surface area contributed by atoms with E-state index in [0.717, 1.165) is 23.2 Å². The van der Waals surface area contributed by atoms with Gasteiger partial charge < -0.3 is 0 Å². The first kappa shape index (κ1) is 9.46. The van der Waals surface area contributed by atoms with Crippen molar-refractivity contribution in [3.05, 3.63) is 0 Å². The van der Waals surface area contributed by atoms with Crippen LogP contribution in [0.25, 0.3) is 0 Å². The molecule has 0 spiro atoms. The van der Waals surface area contributed by atoms with Gasteiger partial charge in [-0.1, -0.05) is 0 Å². The Kier molecular flexibility index (Phi) is 8.90. The number of aliphatic hydroxyl groups excluding tert-OH is 1. The van der Waals surface area contributed by atoms with E-state index < -0.39 is 0 Å². The SMILES string of the molecule is OCCCCCC[NH][GeH3]. The Balaban J connectivity index is 2.60. The number of nitrogens with one attached hydrogen (secondary N) is 1. The van der Waals surface area contributed by atoms with Gasteiger partial charge in [0.05, 0.1) is 0 Å². The summed E-state index contributed by atoms with van der Waals surface area (Å²) in [6.07, 6.45) is 4.71. The van der Waals surface area contributed by atoms with Crippen LogP contribution in [-0.2, 0) is 0 Å². The van der Waals surface area contributed by atoms with E-state index in [0.29, 0.717) is 6.61 Å². The van der Waals surface area contributed by atoms with E-state index in [4.69, 9.17) is 5.11 Å². The van der Waals surface area contributed by atoms with Crippen molar-refractivity contribution in [3.8, 4) is 0 Å². The van der Waals surface area contributed by atoms with Crippen LogP contribution in [0.3, 0.4) is 0 Å². The van der Waals surface area contributed by atoms with Gasteiger partial charge in [-0.2, -0.15) is 0 Å². The number of aliphatic hydroxyl groups is 1. The fourth-order valence-electron chi connectivity index (χ4n) is 0.767. The van der Waals surface area contributed by atoms with Gasteiger partial charge in [0.1, 0.15) is 0 Å². The summed E-state index contributed by atoms with van der Waals surface area (Å²) in [6, 6.07) is 0. The summed E-state index contributed by atoms with van der Waals surface area (Å²) in [5, 5.41) is 8.42. The summed E-state index contributed by atoms with van der Waals surface area (Å²) in [4.78, 5) is 0. The molecular formula is C6H17GeNO. The zero-order chi connectivity index (χ0) is 6.95. The Hall–Kier alpha value is 0.463. The second-order valence-electron chi connectivity index (χ2n) is 2.24. The average Bonchev–Trinajstić information content (AvgIpc) is 1.89. The molecule has 9 heavy (non-hydrogen) atoms. The zero-order valence-electron chi connectivity index (χ0n) is 6.19. The van der Waals surface area contributed by atoms with Crippen LogP contribution in [0.2, 0.25) is 0 Å². The average molecular weight is 192 g/mol. The molecule has 0 aliphatic carbocycles. The summed E-state index contributed by atoms with van der Waals surface area (Å²) in [6.45, 7) is 1.54. The molecule has 0 aromatic carbocycles. The van der Waals surface area contributed by atoms with Gasteiger partial charge in [-0.25, -0.2) is 0 Å². The van der Waals surface area contributed by atoms with Crippen molar-refractivity contribution in [2.45, 2.75) is 25.7 Å². The zero-order valence-corrected chi connectivity index (χ0v) is 10.4. The Morgan fingerprint density at radius 3 is 2.33 bits per heavy atom. The van der Waals surface area contributed by atoms with Crippen molar-refractivity contribution in [2.75, 3.05) is 13.2 Å². The van der Waals surface area contributed by atoms with Crippen LogP contribution in [0.4, 0.5) is 0 Å². The molecule has 0 bridgehead atoms. The third-order valence-corrected chi connectivity index (χ3v) is 2.38. The van der Waals surface area contributed by atoms with Crippen molar-refractivity contribution in [2.24, 2.45) is 0 Å². The summed E-state index contributed by atoms with van der Waals surface area (Å²) in [5.74, 6) is 0. The first-order valence-corrected chi connectivity index (χ1v) is 5.77. The van der Waals surface area contributed by atoms with Crippen LogP contribution in [0.1, 0.15) is 25.7 Å². The Morgan fingerprint density at radius 1 is 1.11 bits per heavy atom. The standard InChI is InChI=1S/C6H17GeNO/c7-8-5-3-1-2-4-6-9/h8-9H,1-6H2,7H3. The van der Waals surface area contributed by atoms with Crippen LogP contribution in [-0.4, -0.2) is 35.0 Å². The minimum atomic E-state index is 0.358. The number of hydrogen-bond donors (Lipinski definition) is 2. The Bertz CT molecular complexity index is 46.3. The molecule has 0 atom stereocenters. The van der Waals surface area contributed by atoms with Gasteiger partial charge in [-0.15, -0.1) is 0 Å². The van der Waals surface area contributed by atoms with Gasteiger partial charge in [0, 0.05) is 0 Å². The van der Waals surface area contributed by atoms with E-state index in [-0.39, 0.29) is 0 Å². The molecule has 0 radical (unpaired) electrons. The molecule has 56 valence electrons. The molecule has 0 aromatic rings. The van der Waals surface area contributed by atoms with Crippen molar-refractivity contribution in [3.63, 3.8) is 0 Å². The molecular weight excluding hydrogens is 175 g/mol. The second-order valence-corrected chi connectivity index (χ2v) is 3.72. The maximum atomic E-state index is 8.42. The van der Waals surface area contributed by atoms with Gasteiger partial charge in [0.25, 0.3) is 0 Å². The van der Waals surface area contributed by atoms with Crippen molar-refractivity contribution in [1.29, 1.82) is 0 Å². The predicted molar refractivity (Wildman–Crippen MR) is 43.5 cm³/mol. The topological polar surface area (TPSA) is 32.3 Å². The van der Waals surface area contributed by atoms with E-state index in [1.807, 2.05) is 0 Å². The van der Waals surface area contributed by atoms with Crippen LogP contribution in [0, 0.1) is 0 Å². The molecule has 0 saturated carbocycles. The molecule has 0 unspecified atom stereocenters. The van der Waals surface area contributed by atoms with Gasteiger partial charge in [-0.3, -0.25) is 0 Å². The molecule has 2 nitrogen and oxygen atoms in total. The fraction of sp³-hybridized carbons (Fsp3) is 1.00. The van der Waals surface area contributed by atoms with Crippen LogP contribution >= 0.6 is 0 Å². The van der Waals surface area contributed by atoms with E-state index in [9.17, 15) is 0 Å². The van der Waals surface area contributed by atoms with E-state index in [2.05, 4.69) is 4.27 Å². The summed E-state index contributed by atoms with van der Waals surface area (Å²) < 4.78 is 3.27. The van der Waals surface area contributed by atoms with Crippen molar-refractivity contribution in [1.82, 2.24) is 4.27 Å². The number of rotatable bonds is 6. The van der Waals surface area contributed by atoms with E-state index in [1.165, 1.54) is 25.8 Å². The normalized spacial score (nSPS) is 10.3. The second kappa shape index (κ2) is 8.46. The van der Waals surface area contributed by atoms with Crippen LogP contribution in [0.5, 0.6) is 0 Å². The monoisotopic (exact) mass is 193 g/mol. The van der Waals surface area contributed by atoms with Gasteiger partial charge in [0.15, 0.2) is 0 Å². The first-order valence-electron chi connectivity index (χ1n) is 3.67. The Morgan fingerprint density at radius 2 is 1.78 bits per heavy atom. The third-order valence-electron chi connectivity index (χ3n) is 1.33. The molecule has 0 aliphatic heterocycles. The van der Waals surface area contributed by atoms with Gasteiger partial charge >= 0.3 is 65.0 Å². The Labute approximate surface area is 65.5 Å². The van der Waals surface area contributed by atoms with Gasteiger partial charge in [-0.05, 0) is 0 Å². The molecule has 3 heteroatoms. The fourth-order valence-corrected chi connectivity index (χ4v) is 1.51. The molecule has 2 N–H and O–H groups in total. The molecule has 0 amide bonds. The molecule has 0 rings (SSSR count). The van der Waals surface area contributed by atoms with Crippen LogP contribution in [0.15, 0.2) is 0 Å². The number of hydrogen-bond acceptors (Lipinski definition) is 2. The van der Waals surface area contributed by atoms with Crippen LogP contribution < -0.4 is 4.27 Å². The van der Waals surface area contributed by atoms with Crippen molar-refractivity contribution < 1.29 is 5.11 Å². The van der Waals surface area contributed by atoms with Gasteiger partial charge in [0.2, 0.25) is 0 Å². The van der Waals surface area contributed by atoms with E-state index >= 15 is 0 Å². The molecule has 0 saturated heterocycles. The molecule has 0 aromatic heterocycles. The maximum absolute atomic E-state index is 8.42. The quantitative estimate of drug-likeness (QED) is 0.435. The molecule has 0 aliphatic rings. The first-order chi connectivity index (χ1) is 4.41. The molecule has 0 heterocycles. The summed E-state index contributed by atoms with van der Waals surface area (Å²) >= 11 is 0.810. The number of unbranched alkanes of at least 4 members (excludes halogenated alkanes) is 3. The van der Waals surface area contributed by atoms with E-state index in [1.54, 1.807) is 0 Å². The summed E-state index contributed by atoms with van der Waals surface area (Å²) in [7, 11) is 0. The third kappa shape index (κ3) is 8.46. The van der Waals surface area contributed by atoms with Crippen molar-refractivity contribution >= 4 is 16.7 Å². The predicted octanol–water partition coefficient (Wildman–Crippen LogP) is -0.591.